The summed E-state index contributed by atoms with van der Waals surface area (Å²) in [5.41, 5.74) is 19.9. The van der Waals surface area contributed by atoms with E-state index < -0.39 is 5.41 Å². The molecule has 0 amide bonds. The van der Waals surface area contributed by atoms with E-state index in [2.05, 4.69) is 239 Å². The van der Waals surface area contributed by atoms with E-state index in [0.717, 1.165) is 45.4 Å². The fraction of sp³-hybridized carbons (Fsp3) is 0.143. The Balaban J connectivity index is 1.20. The number of benzene rings is 9. The molecule has 2 aliphatic rings. The first-order valence-corrected chi connectivity index (χ1v) is 23.1. The van der Waals surface area contributed by atoms with E-state index in [1.807, 2.05) is 6.07 Å². The van der Waals surface area contributed by atoms with Crippen LogP contribution in [0.1, 0.15) is 73.9 Å². The smallest absolute Gasteiger partial charge is 0.135 e. The number of furan rings is 1. The molecule has 1 heterocycles. The van der Waals surface area contributed by atoms with E-state index in [-0.39, 0.29) is 10.8 Å². The lowest BCUT2D eigenvalue weighted by atomic mass is 9.63. The van der Waals surface area contributed by atoms with E-state index in [9.17, 15) is 0 Å². The summed E-state index contributed by atoms with van der Waals surface area (Å²) >= 11 is 0. The molecule has 0 aliphatic heterocycles. The summed E-state index contributed by atoms with van der Waals surface area (Å²) in [7, 11) is 0. The van der Waals surface area contributed by atoms with Crippen LogP contribution in [0.3, 0.4) is 0 Å². The van der Waals surface area contributed by atoms with Crippen molar-refractivity contribution in [3.8, 4) is 33.4 Å². The van der Waals surface area contributed by atoms with Gasteiger partial charge in [0.1, 0.15) is 11.2 Å². The zero-order valence-electron chi connectivity index (χ0n) is 37.5. The zero-order valence-corrected chi connectivity index (χ0v) is 37.5. The predicted octanol–water partition coefficient (Wildman–Crippen LogP) is 17.1. The number of hydrogen-bond donors (Lipinski definition) is 0. The van der Waals surface area contributed by atoms with Gasteiger partial charge in [-0.2, -0.15) is 0 Å². The van der Waals surface area contributed by atoms with Gasteiger partial charge in [-0.1, -0.05) is 191 Å². The summed E-state index contributed by atoms with van der Waals surface area (Å²) in [4.78, 5) is 2.50. The van der Waals surface area contributed by atoms with Crippen LogP contribution in [0, 0.1) is 0 Å². The van der Waals surface area contributed by atoms with Crippen LogP contribution in [-0.2, 0) is 16.2 Å². The van der Waals surface area contributed by atoms with Gasteiger partial charge in [-0.15, -0.1) is 0 Å². The fourth-order valence-electron chi connectivity index (χ4n) is 11.4. The van der Waals surface area contributed by atoms with Crippen molar-refractivity contribution in [2.45, 2.75) is 56.8 Å². The minimum Gasteiger partial charge on any atom is -0.456 e. The topological polar surface area (TPSA) is 16.4 Å². The van der Waals surface area contributed by atoms with Gasteiger partial charge in [0, 0.05) is 27.7 Å². The van der Waals surface area contributed by atoms with E-state index in [4.69, 9.17) is 4.42 Å². The van der Waals surface area contributed by atoms with Crippen LogP contribution >= 0.6 is 0 Å². The highest BCUT2D eigenvalue weighted by Crippen LogP contribution is 2.59. The molecule has 0 bridgehead atoms. The number of nitrogens with zero attached hydrogens (tertiary/aromatic N) is 1. The lowest BCUT2D eigenvalue weighted by Crippen LogP contribution is -2.33. The van der Waals surface area contributed by atoms with E-state index in [1.165, 1.54) is 73.2 Å². The van der Waals surface area contributed by atoms with Crippen molar-refractivity contribution in [2.24, 2.45) is 0 Å². The van der Waals surface area contributed by atoms with Crippen LogP contribution in [-0.4, -0.2) is 0 Å². The minimum absolute atomic E-state index is 0.0421. The van der Waals surface area contributed by atoms with Gasteiger partial charge in [0.25, 0.3) is 0 Å². The quantitative estimate of drug-likeness (QED) is 0.159. The van der Waals surface area contributed by atoms with Crippen LogP contribution in [0.2, 0.25) is 0 Å². The van der Waals surface area contributed by atoms with E-state index in [0.29, 0.717) is 0 Å². The highest BCUT2D eigenvalue weighted by atomic mass is 16.3. The number of hydrogen-bond acceptors (Lipinski definition) is 2. The Morgan fingerprint density at radius 2 is 0.938 bits per heavy atom. The van der Waals surface area contributed by atoms with Crippen LogP contribution < -0.4 is 4.90 Å². The molecule has 2 aliphatic carbocycles. The molecule has 314 valence electrons. The van der Waals surface area contributed by atoms with Crippen molar-refractivity contribution in [1.82, 2.24) is 0 Å². The lowest BCUT2D eigenvalue weighted by molar-refractivity contribution is 0.332. The molecule has 2 nitrogen and oxygen atoms in total. The summed E-state index contributed by atoms with van der Waals surface area (Å²) < 4.78 is 6.45. The standard InChI is InChI=1S/C63H51NO/c1-61(2)36-37-62(3,4)57-38-44(30-34-55(57)61)51-40-52-49-24-14-16-26-54(49)63(45-20-10-6-11-21-45,46-22-12-7-13-23-46)56(52)41-58(51)64(47-31-28-43(29-32-47)42-18-8-5-9-19-42)48-33-35-60-53(39-48)50-25-15-17-27-59(50)65-60/h5-35,38-41H,36-37H2,1-4H3. The Kier molecular flexibility index (Phi) is 8.94. The first-order chi connectivity index (χ1) is 31.7. The molecular weight excluding hydrogens is 787 g/mol. The second-order valence-electron chi connectivity index (χ2n) is 19.5. The first kappa shape index (κ1) is 39.2. The van der Waals surface area contributed by atoms with Gasteiger partial charge >= 0.3 is 0 Å². The third-order valence-corrected chi connectivity index (χ3v) is 14.8. The monoisotopic (exact) mass is 837 g/mol. The average Bonchev–Trinajstić information content (AvgIpc) is 3.87. The third-order valence-electron chi connectivity index (χ3n) is 14.8. The van der Waals surface area contributed by atoms with Crippen molar-refractivity contribution in [1.29, 1.82) is 0 Å². The first-order valence-electron chi connectivity index (χ1n) is 23.1. The fourth-order valence-corrected chi connectivity index (χ4v) is 11.4. The van der Waals surface area contributed by atoms with Gasteiger partial charge in [0.05, 0.1) is 11.1 Å². The van der Waals surface area contributed by atoms with Gasteiger partial charge in [0.15, 0.2) is 0 Å². The maximum absolute atomic E-state index is 6.45. The molecule has 9 aromatic carbocycles. The number of para-hydroxylation sites is 1. The summed E-state index contributed by atoms with van der Waals surface area (Å²) in [5.74, 6) is 0. The van der Waals surface area contributed by atoms with Gasteiger partial charge in [-0.3, -0.25) is 0 Å². The molecule has 0 atom stereocenters. The molecule has 0 saturated carbocycles. The predicted molar refractivity (Wildman–Crippen MR) is 272 cm³/mol. The SMILES string of the molecule is CC1(C)CCC(C)(C)c2cc(-c3cc4c(cc3N(c3ccc(-c5ccccc5)cc3)c3ccc5oc6ccccc6c5c3)C(c3ccccc3)(c3ccccc3)c3ccccc3-4)ccc21. The van der Waals surface area contributed by atoms with Crippen LogP contribution in [0.4, 0.5) is 17.1 Å². The number of rotatable bonds is 7. The number of fused-ring (bicyclic) bond motifs is 7. The highest BCUT2D eigenvalue weighted by Gasteiger charge is 2.47. The van der Waals surface area contributed by atoms with Gasteiger partial charge in [-0.25, -0.2) is 0 Å². The number of anilines is 3. The Morgan fingerprint density at radius 1 is 0.369 bits per heavy atom. The highest BCUT2D eigenvalue weighted by molar-refractivity contribution is 6.07. The molecule has 12 rings (SSSR count). The normalized spacial score (nSPS) is 15.3. The second-order valence-corrected chi connectivity index (χ2v) is 19.5. The Morgan fingerprint density at radius 3 is 1.66 bits per heavy atom. The molecule has 0 unspecified atom stereocenters. The molecule has 0 saturated heterocycles. The maximum atomic E-state index is 6.45. The molecule has 1 aromatic heterocycles. The third kappa shape index (κ3) is 6.15. The second kappa shape index (κ2) is 14.8. The van der Waals surface area contributed by atoms with Crippen molar-refractivity contribution in [2.75, 3.05) is 4.90 Å². The maximum Gasteiger partial charge on any atom is 0.135 e. The summed E-state index contributed by atoms with van der Waals surface area (Å²) in [5, 5.41) is 2.21. The molecular formula is C63H51NO. The average molecular weight is 838 g/mol. The van der Waals surface area contributed by atoms with E-state index in [1.54, 1.807) is 0 Å². The minimum atomic E-state index is -0.572. The zero-order chi connectivity index (χ0) is 43.9. The molecule has 0 fully saturated rings. The molecule has 0 spiro atoms. The van der Waals surface area contributed by atoms with Crippen molar-refractivity contribution in [3.63, 3.8) is 0 Å². The van der Waals surface area contributed by atoms with Crippen LogP contribution in [0.25, 0.3) is 55.3 Å². The Labute approximate surface area is 382 Å². The van der Waals surface area contributed by atoms with Crippen molar-refractivity contribution < 1.29 is 4.42 Å². The summed E-state index contributed by atoms with van der Waals surface area (Å²) in [6.45, 7) is 9.71. The Hall–Kier alpha value is -7.42. The molecule has 0 radical (unpaired) electrons. The van der Waals surface area contributed by atoms with Crippen molar-refractivity contribution >= 4 is 39.0 Å². The van der Waals surface area contributed by atoms with Crippen LogP contribution in [0.15, 0.2) is 217 Å². The molecule has 65 heavy (non-hydrogen) atoms. The lowest BCUT2D eigenvalue weighted by Gasteiger charge is -2.42. The molecule has 0 N–H and O–H groups in total. The van der Waals surface area contributed by atoms with Gasteiger partial charge < -0.3 is 9.32 Å². The summed E-state index contributed by atoms with van der Waals surface area (Å²) in [6.07, 6.45) is 2.32. The van der Waals surface area contributed by atoms with Gasteiger partial charge in [-0.05, 0) is 133 Å². The Bertz CT molecular complexity index is 3370. The molecule has 10 aromatic rings. The summed E-state index contributed by atoms with van der Waals surface area (Å²) in [6, 6.07) is 78.8. The van der Waals surface area contributed by atoms with E-state index >= 15 is 0 Å². The molecule has 2 heteroatoms. The van der Waals surface area contributed by atoms with Crippen LogP contribution in [0.5, 0.6) is 0 Å². The van der Waals surface area contributed by atoms with Gasteiger partial charge in [0.2, 0.25) is 0 Å². The largest absolute Gasteiger partial charge is 0.456 e. The van der Waals surface area contributed by atoms with Crippen molar-refractivity contribution in [3.05, 3.63) is 246 Å².